The van der Waals surface area contributed by atoms with Crippen molar-refractivity contribution in [3.05, 3.63) is 377 Å². The van der Waals surface area contributed by atoms with Crippen LogP contribution >= 0.6 is 0 Å². The van der Waals surface area contributed by atoms with Crippen molar-refractivity contribution in [2.75, 3.05) is 4.90 Å². The number of anilines is 3. The van der Waals surface area contributed by atoms with E-state index in [0.29, 0.717) is 0 Å². The number of hydrogen-bond acceptors (Lipinski definition) is 1. The summed E-state index contributed by atoms with van der Waals surface area (Å²) < 4.78 is 0. The lowest BCUT2D eigenvalue weighted by Crippen LogP contribution is -2.73. The first kappa shape index (κ1) is 48.6. The molecule has 17 rings (SSSR count). The Balaban J connectivity index is 0.875. The van der Waals surface area contributed by atoms with Crippen molar-refractivity contribution in [1.82, 2.24) is 0 Å². The molecule has 0 aromatic heterocycles. The lowest BCUT2D eigenvalue weighted by molar-refractivity contribution is 0.767. The van der Waals surface area contributed by atoms with Gasteiger partial charge < -0.3 is 4.90 Å². The fourth-order valence-electron chi connectivity index (χ4n) is 15.8. The van der Waals surface area contributed by atoms with Gasteiger partial charge in [-0.2, -0.15) is 0 Å². The lowest BCUT2D eigenvalue weighted by atomic mass is 9.67. The molecule has 84 heavy (non-hydrogen) atoms. The maximum atomic E-state index is 2.57. The van der Waals surface area contributed by atoms with Gasteiger partial charge in [-0.05, 0) is 170 Å². The highest BCUT2D eigenvalue weighted by atomic mass is 28.3. The topological polar surface area (TPSA) is 3.24 Å². The summed E-state index contributed by atoms with van der Waals surface area (Å²) in [7, 11) is -2.72. The van der Waals surface area contributed by atoms with Crippen LogP contribution in [0.5, 0.6) is 0 Å². The Morgan fingerprint density at radius 3 is 1.12 bits per heavy atom. The van der Waals surface area contributed by atoms with E-state index in [4.69, 9.17) is 0 Å². The summed E-state index contributed by atoms with van der Waals surface area (Å²) in [6, 6.07) is 122. The highest BCUT2D eigenvalue weighted by Crippen LogP contribution is 2.59. The second kappa shape index (κ2) is 19.0. The van der Waals surface area contributed by atoms with Crippen molar-refractivity contribution in [1.29, 1.82) is 0 Å². The minimum atomic E-state index is -2.72. The van der Waals surface area contributed by atoms with Crippen LogP contribution in [0.3, 0.4) is 0 Å². The summed E-state index contributed by atoms with van der Waals surface area (Å²) in [5.41, 5.74) is 25.5. The van der Waals surface area contributed by atoms with E-state index in [1.54, 1.807) is 0 Å². The lowest BCUT2D eigenvalue weighted by Gasteiger charge is -2.36. The predicted molar refractivity (Wildman–Crippen MR) is 351 cm³/mol. The van der Waals surface area contributed by atoms with Crippen LogP contribution in [0.25, 0.3) is 44.5 Å². The molecule has 1 heterocycles. The zero-order chi connectivity index (χ0) is 55.4. The number of nitrogens with zero attached hydrogens (tertiary/aromatic N) is 1. The van der Waals surface area contributed by atoms with Gasteiger partial charge in [0, 0.05) is 17.1 Å². The van der Waals surface area contributed by atoms with Crippen LogP contribution < -0.4 is 25.6 Å². The fraction of sp³-hybridized carbons (Fsp3) is 0.0488. The van der Waals surface area contributed by atoms with Gasteiger partial charge in [0.05, 0.1) is 10.8 Å². The molecule has 0 saturated carbocycles. The Labute approximate surface area is 493 Å². The van der Waals surface area contributed by atoms with Crippen molar-refractivity contribution in [2.45, 2.75) is 23.7 Å². The Bertz CT molecular complexity index is 4410. The molecule has 4 aliphatic rings. The van der Waals surface area contributed by atoms with Gasteiger partial charge in [-0.3, -0.25) is 0 Å². The summed E-state index contributed by atoms with van der Waals surface area (Å²) in [6.45, 7) is 0. The van der Waals surface area contributed by atoms with Crippen LogP contribution in [0.2, 0.25) is 0 Å². The minimum absolute atomic E-state index is 0.568. The first-order valence-electron chi connectivity index (χ1n) is 29.7. The van der Waals surface area contributed by atoms with E-state index < -0.39 is 18.9 Å². The third-order valence-corrected chi connectivity index (χ3v) is 24.3. The van der Waals surface area contributed by atoms with Gasteiger partial charge in [-0.15, -0.1) is 0 Å². The van der Waals surface area contributed by atoms with Crippen molar-refractivity contribution in [3.63, 3.8) is 0 Å². The zero-order valence-electron chi connectivity index (χ0n) is 46.5. The summed E-state index contributed by atoms with van der Waals surface area (Å²) in [5.74, 6) is 0. The average Bonchev–Trinajstić information content (AvgIpc) is 2.42. The van der Waals surface area contributed by atoms with Crippen LogP contribution in [-0.2, 0) is 23.7 Å². The van der Waals surface area contributed by atoms with Crippen LogP contribution in [0, 0.1) is 0 Å². The van der Waals surface area contributed by atoms with Crippen LogP contribution in [0.1, 0.15) is 55.6 Å². The van der Waals surface area contributed by atoms with E-state index in [9.17, 15) is 0 Å². The molecule has 3 aliphatic carbocycles. The standard InChI is InChI=1S/C82H57NSi/c1-5-23-60(24-6-1)81(61-25-7-2-8-26-61)75-36-17-13-32-69(75)71-50-47-65(54-77(71)81)83(66-48-51-72-70-33-14-18-37-76(70)82(78(72)55-66,62-27-9-3-10-28-62)63-29-11-4-12-30-63)64-45-42-57(43-46-64)58-22-21-31-67(52-58)84(68-49-44-56-40-41-59(56)53-68)79-38-19-15-34-73(79)74-35-16-20-39-80(74)84/h1-39,42-55H,40-41H2. The van der Waals surface area contributed by atoms with Crippen LogP contribution in [-0.4, -0.2) is 8.07 Å². The number of rotatable bonds is 10. The fourth-order valence-corrected chi connectivity index (χ4v) is 21.0. The molecule has 394 valence electrons. The van der Waals surface area contributed by atoms with E-state index in [2.05, 4.69) is 326 Å². The SMILES string of the molecule is c1ccc(C2(c3ccccc3)c3ccccc3-c3ccc(N(c4ccc(-c5cccc([Si]6(c7ccc8c(c7)CC8)c7ccccc7-c7ccccc76)c5)cc4)c4ccc5c(c4)C(c4ccccc4)(c4ccccc4)c4ccccc4-5)cc32)cc1. The molecule has 0 atom stereocenters. The van der Waals surface area contributed by atoms with Gasteiger partial charge in [0.2, 0.25) is 0 Å². The van der Waals surface area contributed by atoms with Gasteiger partial charge in [-0.25, -0.2) is 0 Å². The molecule has 13 aromatic rings. The molecule has 0 saturated heterocycles. The van der Waals surface area contributed by atoms with Gasteiger partial charge in [0.15, 0.2) is 8.07 Å². The number of hydrogen-bond donors (Lipinski definition) is 0. The van der Waals surface area contributed by atoms with E-state index in [-0.39, 0.29) is 0 Å². The van der Waals surface area contributed by atoms with Crippen molar-refractivity contribution in [3.8, 4) is 44.5 Å². The highest BCUT2D eigenvalue weighted by Gasteiger charge is 2.50. The normalized spacial score (nSPS) is 14.6. The van der Waals surface area contributed by atoms with E-state index in [0.717, 1.165) is 23.5 Å². The molecule has 0 spiro atoms. The maximum Gasteiger partial charge on any atom is 0.180 e. The average molecular weight is 1080 g/mol. The van der Waals surface area contributed by atoms with Crippen LogP contribution in [0.15, 0.2) is 322 Å². The second-order valence-electron chi connectivity index (χ2n) is 23.3. The molecule has 1 aliphatic heterocycles. The van der Waals surface area contributed by atoms with Gasteiger partial charge in [0.1, 0.15) is 0 Å². The Kier molecular flexibility index (Phi) is 11.0. The quantitative estimate of drug-likeness (QED) is 0.123. The van der Waals surface area contributed by atoms with E-state index in [1.807, 2.05) is 0 Å². The van der Waals surface area contributed by atoms with Crippen molar-refractivity contribution < 1.29 is 0 Å². The number of aryl methyl sites for hydroxylation is 2. The molecule has 13 aromatic carbocycles. The largest absolute Gasteiger partial charge is 0.310 e. The highest BCUT2D eigenvalue weighted by molar-refractivity contribution is 7.22. The summed E-state index contributed by atoms with van der Waals surface area (Å²) in [5, 5.41) is 5.86. The second-order valence-corrected chi connectivity index (χ2v) is 27.0. The van der Waals surface area contributed by atoms with Gasteiger partial charge in [0.25, 0.3) is 0 Å². The minimum Gasteiger partial charge on any atom is -0.310 e. The van der Waals surface area contributed by atoms with E-state index >= 15 is 0 Å². The molecule has 0 radical (unpaired) electrons. The van der Waals surface area contributed by atoms with Gasteiger partial charge >= 0.3 is 0 Å². The maximum absolute atomic E-state index is 2.72. The first-order valence-corrected chi connectivity index (χ1v) is 31.7. The predicted octanol–water partition coefficient (Wildman–Crippen LogP) is 17.0. The summed E-state index contributed by atoms with van der Waals surface area (Å²) >= 11 is 0. The van der Waals surface area contributed by atoms with Gasteiger partial charge in [-0.1, -0.05) is 285 Å². The molecule has 0 bridgehead atoms. The van der Waals surface area contributed by atoms with Crippen LogP contribution in [0.4, 0.5) is 17.1 Å². The Hall–Kier alpha value is -10.1. The summed E-state index contributed by atoms with van der Waals surface area (Å²) in [4.78, 5) is 2.52. The molecule has 1 nitrogen and oxygen atoms in total. The number of benzene rings is 13. The smallest absolute Gasteiger partial charge is 0.180 e. The monoisotopic (exact) mass is 1080 g/mol. The molecular weight excluding hydrogens is 1030 g/mol. The first-order chi connectivity index (χ1) is 41.6. The molecule has 2 heteroatoms. The molecule has 0 amide bonds. The third-order valence-electron chi connectivity index (χ3n) is 19.4. The molecule has 0 fully saturated rings. The van der Waals surface area contributed by atoms with Crippen molar-refractivity contribution >= 4 is 45.9 Å². The third kappa shape index (κ3) is 6.83. The van der Waals surface area contributed by atoms with Crippen molar-refractivity contribution in [2.24, 2.45) is 0 Å². The Morgan fingerprint density at radius 1 is 0.250 bits per heavy atom. The Morgan fingerprint density at radius 2 is 0.655 bits per heavy atom. The summed E-state index contributed by atoms with van der Waals surface area (Å²) in [6.07, 6.45) is 2.33. The van der Waals surface area contributed by atoms with E-state index in [1.165, 1.54) is 127 Å². The molecule has 0 N–H and O–H groups in total. The zero-order valence-corrected chi connectivity index (χ0v) is 47.5. The molecular formula is C82H57NSi. The number of fused-ring (bicyclic) bond motifs is 10. The molecule has 0 unspecified atom stereocenters.